The van der Waals surface area contributed by atoms with E-state index < -0.39 is 0 Å². The first-order valence-electron chi connectivity index (χ1n) is 11.4. The largest absolute Gasteiger partial charge is 0.336 e. The van der Waals surface area contributed by atoms with Crippen LogP contribution in [0.2, 0.25) is 0 Å². The summed E-state index contributed by atoms with van der Waals surface area (Å²) in [6.45, 7) is 3.34. The van der Waals surface area contributed by atoms with Crippen LogP contribution in [0.4, 0.5) is 0 Å². The van der Waals surface area contributed by atoms with Gasteiger partial charge in [0, 0.05) is 37.8 Å². The van der Waals surface area contributed by atoms with Gasteiger partial charge in [-0.3, -0.25) is 4.79 Å². The van der Waals surface area contributed by atoms with E-state index in [4.69, 9.17) is 5.10 Å². The standard InChI is InChI=1S/C24H30N4O/c29-23(27-8-6-25-7-9-27)21-16-28(20-4-2-1-3-5-20)26-22(21)24-13-17-10-18(14-24)12-19(11-17)15-24/h1-5,16-19,25H,6-15H2. The van der Waals surface area contributed by atoms with Crippen molar-refractivity contribution in [2.75, 3.05) is 26.2 Å². The van der Waals surface area contributed by atoms with E-state index in [1.54, 1.807) is 0 Å². The van der Waals surface area contributed by atoms with Crippen LogP contribution in [-0.4, -0.2) is 46.8 Å². The Morgan fingerprint density at radius 2 is 1.59 bits per heavy atom. The molecule has 1 saturated heterocycles. The third kappa shape index (κ3) is 2.93. The maximum atomic E-state index is 13.6. The zero-order valence-electron chi connectivity index (χ0n) is 17.0. The first-order chi connectivity index (χ1) is 14.2. The van der Waals surface area contributed by atoms with Crippen molar-refractivity contribution in [3.63, 3.8) is 0 Å². The highest BCUT2D eigenvalue weighted by molar-refractivity contribution is 5.95. The molecule has 2 aromatic rings. The van der Waals surface area contributed by atoms with Gasteiger partial charge < -0.3 is 10.2 Å². The molecule has 4 saturated carbocycles. The molecule has 1 aromatic heterocycles. The molecule has 2 heterocycles. The summed E-state index contributed by atoms with van der Waals surface area (Å²) in [4.78, 5) is 15.6. The van der Waals surface area contributed by atoms with Crippen molar-refractivity contribution in [2.45, 2.75) is 43.9 Å². The van der Waals surface area contributed by atoms with E-state index in [0.29, 0.717) is 0 Å². The number of aromatic nitrogens is 2. The molecule has 152 valence electrons. The van der Waals surface area contributed by atoms with Crippen LogP contribution in [0.3, 0.4) is 0 Å². The Kier molecular flexibility index (Phi) is 4.09. The molecule has 1 aromatic carbocycles. The maximum Gasteiger partial charge on any atom is 0.257 e. The molecule has 1 aliphatic heterocycles. The molecule has 29 heavy (non-hydrogen) atoms. The molecule has 1 N–H and O–H groups in total. The number of rotatable bonds is 3. The van der Waals surface area contributed by atoms with E-state index >= 15 is 0 Å². The molecule has 0 atom stereocenters. The van der Waals surface area contributed by atoms with Gasteiger partial charge >= 0.3 is 0 Å². The van der Waals surface area contributed by atoms with Gasteiger partial charge in [0.2, 0.25) is 0 Å². The zero-order chi connectivity index (χ0) is 19.4. The van der Waals surface area contributed by atoms with Crippen LogP contribution in [0.5, 0.6) is 0 Å². The topological polar surface area (TPSA) is 50.2 Å². The van der Waals surface area contributed by atoms with E-state index in [1.807, 2.05) is 34.0 Å². The number of benzene rings is 1. The van der Waals surface area contributed by atoms with Gasteiger partial charge in [-0.25, -0.2) is 4.68 Å². The quantitative estimate of drug-likeness (QED) is 0.874. The van der Waals surface area contributed by atoms with Crippen LogP contribution in [0.1, 0.15) is 54.6 Å². The summed E-state index contributed by atoms with van der Waals surface area (Å²) in [5.74, 6) is 2.69. The maximum absolute atomic E-state index is 13.6. The second kappa shape index (κ2) is 6.69. The predicted octanol–water partition coefficient (Wildman–Crippen LogP) is 3.39. The fourth-order valence-electron chi connectivity index (χ4n) is 7.07. The van der Waals surface area contributed by atoms with Crippen LogP contribution in [0.15, 0.2) is 36.5 Å². The van der Waals surface area contributed by atoms with Gasteiger partial charge in [0.15, 0.2) is 0 Å². The molecule has 5 aliphatic rings. The van der Waals surface area contributed by atoms with Crippen LogP contribution in [0, 0.1) is 17.8 Å². The second-order valence-electron chi connectivity index (χ2n) is 9.91. The lowest BCUT2D eigenvalue weighted by atomic mass is 9.48. The number of amides is 1. The Labute approximate surface area is 172 Å². The molecule has 7 rings (SSSR count). The first kappa shape index (κ1) is 17.7. The third-order valence-corrected chi connectivity index (χ3v) is 7.91. The average Bonchev–Trinajstić information content (AvgIpc) is 3.20. The van der Waals surface area contributed by atoms with E-state index in [2.05, 4.69) is 17.4 Å². The minimum Gasteiger partial charge on any atom is -0.336 e. The van der Waals surface area contributed by atoms with Gasteiger partial charge in [-0.15, -0.1) is 0 Å². The second-order valence-corrected chi connectivity index (χ2v) is 9.91. The highest BCUT2D eigenvalue weighted by atomic mass is 16.2. The molecule has 0 spiro atoms. The highest BCUT2D eigenvalue weighted by Gasteiger charge is 2.54. The Bertz CT molecular complexity index is 877. The summed E-state index contributed by atoms with van der Waals surface area (Å²) in [6.07, 6.45) is 9.92. The van der Waals surface area contributed by atoms with E-state index in [-0.39, 0.29) is 11.3 Å². The monoisotopic (exact) mass is 390 g/mol. The fourth-order valence-corrected chi connectivity index (χ4v) is 7.07. The first-order valence-corrected chi connectivity index (χ1v) is 11.4. The number of carbonyl (C=O) groups is 1. The Balaban J connectivity index is 1.44. The summed E-state index contributed by atoms with van der Waals surface area (Å²) in [5.41, 5.74) is 3.12. The lowest BCUT2D eigenvalue weighted by molar-refractivity contribution is -0.00787. The zero-order valence-corrected chi connectivity index (χ0v) is 17.0. The Morgan fingerprint density at radius 3 is 2.21 bits per heavy atom. The van der Waals surface area contributed by atoms with Crippen molar-refractivity contribution >= 4 is 5.91 Å². The van der Waals surface area contributed by atoms with Gasteiger partial charge in [0.25, 0.3) is 5.91 Å². The molecular weight excluding hydrogens is 360 g/mol. The summed E-state index contributed by atoms with van der Waals surface area (Å²) in [5, 5.41) is 8.50. The summed E-state index contributed by atoms with van der Waals surface area (Å²) in [7, 11) is 0. The molecule has 1 amide bonds. The van der Waals surface area contributed by atoms with E-state index in [0.717, 1.165) is 60.9 Å². The van der Waals surface area contributed by atoms with Gasteiger partial charge in [-0.2, -0.15) is 5.10 Å². The van der Waals surface area contributed by atoms with Crippen molar-refractivity contribution in [1.82, 2.24) is 20.0 Å². The van der Waals surface area contributed by atoms with E-state index in [9.17, 15) is 4.79 Å². The highest BCUT2D eigenvalue weighted by Crippen LogP contribution is 2.60. The normalized spacial score (nSPS) is 33.2. The molecule has 0 radical (unpaired) electrons. The lowest BCUT2D eigenvalue weighted by Gasteiger charge is -2.56. The molecule has 4 bridgehead atoms. The number of carbonyl (C=O) groups excluding carboxylic acids is 1. The number of hydrogen-bond donors (Lipinski definition) is 1. The summed E-state index contributed by atoms with van der Waals surface area (Å²) in [6, 6.07) is 10.3. The third-order valence-electron chi connectivity index (χ3n) is 7.91. The van der Waals surface area contributed by atoms with Crippen LogP contribution in [0.25, 0.3) is 5.69 Å². The number of piperazine rings is 1. The van der Waals surface area contributed by atoms with Crippen molar-refractivity contribution in [3.8, 4) is 5.69 Å². The number of hydrogen-bond acceptors (Lipinski definition) is 3. The van der Waals surface area contributed by atoms with E-state index in [1.165, 1.54) is 38.5 Å². The van der Waals surface area contributed by atoms with Crippen molar-refractivity contribution < 1.29 is 4.79 Å². The molecule has 0 unspecified atom stereocenters. The van der Waals surface area contributed by atoms with Crippen LogP contribution >= 0.6 is 0 Å². The smallest absolute Gasteiger partial charge is 0.257 e. The summed E-state index contributed by atoms with van der Waals surface area (Å²) >= 11 is 0. The Morgan fingerprint density at radius 1 is 0.966 bits per heavy atom. The van der Waals surface area contributed by atoms with Gasteiger partial charge in [0.1, 0.15) is 0 Å². The average molecular weight is 391 g/mol. The minimum absolute atomic E-state index is 0.119. The number of nitrogens with zero attached hydrogens (tertiary/aromatic N) is 3. The molecule has 5 nitrogen and oxygen atoms in total. The summed E-state index contributed by atoms with van der Waals surface area (Å²) < 4.78 is 1.96. The SMILES string of the molecule is O=C(c1cn(-c2ccccc2)nc1C12CC3CC(CC(C3)C1)C2)N1CCNCC1. The van der Waals surface area contributed by atoms with Crippen molar-refractivity contribution in [1.29, 1.82) is 0 Å². The van der Waals surface area contributed by atoms with Gasteiger partial charge in [-0.1, -0.05) is 18.2 Å². The van der Waals surface area contributed by atoms with Crippen LogP contribution in [-0.2, 0) is 5.41 Å². The molecule has 4 aliphatic carbocycles. The van der Waals surface area contributed by atoms with Crippen molar-refractivity contribution in [2.24, 2.45) is 17.8 Å². The lowest BCUT2D eigenvalue weighted by Crippen LogP contribution is -2.50. The van der Waals surface area contributed by atoms with Gasteiger partial charge in [-0.05, 0) is 68.4 Å². The Hall–Kier alpha value is -2.14. The molecule has 5 heteroatoms. The molecular formula is C24H30N4O. The van der Waals surface area contributed by atoms with Crippen molar-refractivity contribution in [3.05, 3.63) is 47.8 Å². The van der Waals surface area contributed by atoms with Gasteiger partial charge in [0.05, 0.1) is 16.9 Å². The molecule has 5 fully saturated rings. The number of para-hydroxylation sites is 1. The van der Waals surface area contributed by atoms with Crippen LogP contribution < -0.4 is 5.32 Å². The fraction of sp³-hybridized carbons (Fsp3) is 0.583. The minimum atomic E-state index is 0.119. The number of nitrogens with one attached hydrogen (secondary N) is 1. The predicted molar refractivity (Wildman–Crippen MR) is 112 cm³/mol.